The summed E-state index contributed by atoms with van der Waals surface area (Å²) in [5.74, 6) is 0.261. The Hall–Kier alpha value is -4.73. The first-order valence-corrected chi connectivity index (χ1v) is 12.0. The molecule has 1 atom stereocenters. The van der Waals surface area contributed by atoms with Crippen molar-refractivity contribution < 1.29 is 19.1 Å². The lowest BCUT2D eigenvalue weighted by Gasteiger charge is -2.18. The van der Waals surface area contributed by atoms with Crippen LogP contribution in [0.15, 0.2) is 60.9 Å². The number of rotatable bonds is 3. The van der Waals surface area contributed by atoms with Gasteiger partial charge in [0, 0.05) is 34.8 Å². The van der Waals surface area contributed by atoms with Gasteiger partial charge in [0.25, 0.3) is 5.91 Å². The molecular weight excluding hydrogens is 472 g/mol. The van der Waals surface area contributed by atoms with Crippen LogP contribution in [0.3, 0.4) is 0 Å². The fraction of sp³-hybridized carbons (Fsp3) is 0.222. The number of nitrogens with zero attached hydrogens (tertiary/aromatic N) is 2. The van der Waals surface area contributed by atoms with E-state index >= 15 is 0 Å². The molecule has 188 valence electrons. The predicted molar refractivity (Wildman–Crippen MR) is 139 cm³/mol. The van der Waals surface area contributed by atoms with E-state index in [0.717, 1.165) is 10.9 Å². The smallest absolute Gasteiger partial charge is 0.411 e. The third kappa shape index (κ3) is 5.43. The van der Waals surface area contributed by atoms with Crippen molar-refractivity contribution >= 4 is 40.2 Å². The summed E-state index contributed by atoms with van der Waals surface area (Å²) in [6.07, 6.45) is 5.06. The van der Waals surface area contributed by atoms with Gasteiger partial charge in [-0.3, -0.25) is 19.9 Å². The average molecular weight is 499 g/mol. The molecule has 0 spiro atoms. The van der Waals surface area contributed by atoms with Crippen LogP contribution in [-0.2, 0) is 9.53 Å². The van der Waals surface area contributed by atoms with E-state index < -0.39 is 6.09 Å². The number of carbonyl (C=O) groups is 3. The topological polar surface area (TPSA) is 138 Å². The van der Waals surface area contributed by atoms with Crippen molar-refractivity contribution in [3.63, 3.8) is 0 Å². The standard InChI is InChI=1S/C27H26N6O4/c1-37-27(36)30-18-10-11-19-22(14-18)31-24(34)7-3-2-6-20(25-29-15-23(19)32-25)33-26(35)17-9-8-16-5-4-12-28-21(16)13-17/h4-5,8-15,20H,2-3,6-7H2,1H3,(H,29,32)(H,30,36)(H,31,34)(H,33,35)/t20-/m0/s1. The number of imidazole rings is 1. The molecule has 1 aliphatic heterocycles. The zero-order chi connectivity index (χ0) is 25.8. The van der Waals surface area contributed by atoms with E-state index in [-0.39, 0.29) is 17.9 Å². The van der Waals surface area contributed by atoms with E-state index in [2.05, 4.69) is 35.6 Å². The number of fused-ring (bicyclic) bond motifs is 5. The Morgan fingerprint density at radius 1 is 1.08 bits per heavy atom. The van der Waals surface area contributed by atoms with Gasteiger partial charge in [-0.25, -0.2) is 9.78 Å². The first-order valence-electron chi connectivity index (χ1n) is 12.0. The average Bonchev–Trinajstić information content (AvgIpc) is 3.39. The Morgan fingerprint density at radius 2 is 1.97 bits per heavy atom. The predicted octanol–water partition coefficient (Wildman–Crippen LogP) is 4.79. The number of pyridine rings is 1. The van der Waals surface area contributed by atoms with Gasteiger partial charge < -0.3 is 20.4 Å². The summed E-state index contributed by atoms with van der Waals surface area (Å²) in [5, 5.41) is 9.60. The zero-order valence-electron chi connectivity index (χ0n) is 20.2. The summed E-state index contributed by atoms with van der Waals surface area (Å²) < 4.78 is 4.66. The van der Waals surface area contributed by atoms with Gasteiger partial charge in [-0.2, -0.15) is 0 Å². The van der Waals surface area contributed by atoms with Crippen LogP contribution in [0.1, 0.15) is 47.9 Å². The molecule has 0 saturated carbocycles. The number of hydrogen-bond donors (Lipinski definition) is 4. The number of ether oxygens (including phenoxy) is 1. The number of H-pyrrole nitrogens is 1. The molecule has 3 heterocycles. The van der Waals surface area contributed by atoms with E-state index in [1.165, 1.54) is 7.11 Å². The minimum atomic E-state index is -0.607. The fourth-order valence-electron chi connectivity index (χ4n) is 4.35. The van der Waals surface area contributed by atoms with E-state index in [4.69, 9.17) is 0 Å². The number of methoxy groups -OCH3 is 1. The lowest BCUT2D eigenvalue weighted by atomic mass is 10.0. The molecule has 3 amide bonds. The van der Waals surface area contributed by atoms with Gasteiger partial charge in [0.05, 0.1) is 36.2 Å². The molecule has 4 N–H and O–H groups in total. The normalized spacial score (nSPS) is 15.5. The van der Waals surface area contributed by atoms with Gasteiger partial charge >= 0.3 is 6.09 Å². The molecular formula is C27H26N6O4. The van der Waals surface area contributed by atoms with Gasteiger partial charge in [-0.05, 0) is 49.2 Å². The Morgan fingerprint density at radius 3 is 2.84 bits per heavy atom. The molecule has 0 saturated heterocycles. The second-order valence-electron chi connectivity index (χ2n) is 8.79. The van der Waals surface area contributed by atoms with Gasteiger partial charge in [-0.15, -0.1) is 0 Å². The number of amides is 3. The molecule has 10 nitrogen and oxygen atoms in total. The maximum atomic E-state index is 13.2. The monoisotopic (exact) mass is 498 g/mol. The SMILES string of the molecule is COC(=O)Nc1ccc2c(c1)NC(=O)CCCC[C@H](NC(=O)c1ccc3cccnc3c1)c1ncc-2[nH]1. The Kier molecular flexibility index (Phi) is 6.80. The first kappa shape index (κ1) is 24.0. The number of aromatic amines is 1. The number of aromatic nitrogens is 3. The van der Waals surface area contributed by atoms with Crippen molar-refractivity contribution in [3.05, 3.63) is 72.3 Å². The summed E-state index contributed by atoms with van der Waals surface area (Å²) >= 11 is 0. The molecule has 1 aliphatic rings. The largest absolute Gasteiger partial charge is 0.453 e. The van der Waals surface area contributed by atoms with Crippen molar-refractivity contribution in [2.75, 3.05) is 17.7 Å². The fourth-order valence-corrected chi connectivity index (χ4v) is 4.35. The molecule has 0 radical (unpaired) electrons. The summed E-state index contributed by atoms with van der Waals surface area (Å²) in [5.41, 5.74) is 3.64. The van der Waals surface area contributed by atoms with E-state index in [0.29, 0.717) is 59.7 Å². The zero-order valence-corrected chi connectivity index (χ0v) is 20.2. The summed E-state index contributed by atoms with van der Waals surface area (Å²) in [6.45, 7) is 0. The van der Waals surface area contributed by atoms with Crippen LogP contribution >= 0.6 is 0 Å². The van der Waals surface area contributed by atoms with Gasteiger partial charge in [-0.1, -0.05) is 18.6 Å². The second-order valence-corrected chi connectivity index (χ2v) is 8.79. The highest BCUT2D eigenvalue weighted by atomic mass is 16.5. The Bertz CT molecular complexity index is 1480. The molecule has 2 aromatic heterocycles. The first-order chi connectivity index (χ1) is 18.0. The van der Waals surface area contributed by atoms with E-state index in [1.807, 2.05) is 18.2 Å². The maximum Gasteiger partial charge on any atom is 0.411 e. The van der Waals surface area contributed by atoms with Crippen molar-refractivity contribution in [3.8, 4) is 11.3 Å². The molecule has 0 fully saturated rings. The molecule has 2 aromatic carbocycles. The molecule has 0 unspecified atom stereocenters. The van der Waals surface area contributed by atoms with E-state index in [9.17, 15) is 14.4 Å². The van der Waals surface area contributed by atoms with Crippen LogP contribution in [0.5, 0.6) is 0 Å². The summed E-state index contributed by atoms with van der Waals surface area (Å²) in [4.78, 5) is 49.6. The maximum absolute atomic E-state index is 13.2. The third-order valence-electron chi connectivity index (χ3n) is 6.26. The Labute approximate surface area is 212 Å². The van der Waals surface area contributed by atoms with Crippen molar-refractivity contribution in [2.45, 2.75) is 31.7 Å². The highest BCUT2D eigenvalue weighted by molar-refractivity contribution is 5.98. The van der Waals surface area contributed by atoms with Crippen molar-refractivity contribution in [1.29, 1.82) is 0 Å². The number of anilines is 2. The third-order valence-corrected chi connectivity index (χ3v) is 6.26. The quantitative estimate of drug-likeness (QED) is 0.320. The molecule has 4 aromatic rings. The van der Waals surface area contributed by atoms with Gasteiger partial charge in [0.2, 0.25) is 5.91 Å². The van der Waals surface area contributed by atoms with Gasteiger partial charge in [0.15, 0.2) is 0 Å². The van der Waals surface area contributed by atoms with E-state index in [1.54, 1.807) is 42.7 Å². The van der Waals surface area contributed by atoms with Crippen LogP contribution in [-0.4, -0.2) is 40.0 Å². The minimum Gasteiger partial charge on any atom is -0.453 e. The van der Waals surface area contributed by atoms with Gasteiger partial charge in [0.1, 0.15) is 5.82 Å². The number of nitrogens with one attached hydrogen (secondary N) is 4. The molecule has 0 aliphatic carbocycles. The van der Waals surface area contributed by atoms with Crippen molar-refractivity contribution in [1.82, 2.24) is 20.3 Å². The lowest BCUT2D eigenvalue weighted by Crippen LogP contribution is -2.29. The lowest BCUT2D eigenvalue weighted by molar-refractivity contribution is -0.116. The molecule has 2 bridgehead atoms. The number of benzene rings is 2. The molecule has 5 rings (SSSR count). The number of hydrogen-bond acceptors (Lipinski definition) is 6. The minimum absolute atomic E-state index is 0.138. The second kappa shape index (κ2) is 10.5. The van der Waals surface area contributed by atoms with Crippen molar-refractivity contribution in [2.24, 2.45) is 0 Å². The number of carbonyl (C=O) groups excluding carboxylic acids is 3. The summed E-state index contributed by atoms with van der Waals surface area (Å²) in [7, 11) is 1.28. The van der Waals surface area contributed by atoms with Crippen LogP contribution < -0.4 is 16.0 Å². The molecule has 10 heteroatoms. The Balaban J connectivity index is 1.44. The highest BCUT2D eigenvalue weighted by Gasteiger charge is 2.22. The highest BCUT2D eigenvalue weighted by Crippen LogP contribution is 2.32. The van der Waals surface area contributed by atoms with Crippen LogP contribution in [0.2, 0.25) is 0 Å². The molecule has 37 heavy (non-hydrogen) atoms. The van der Waals surface area contributed by atoms with Crippen LogP contribution in [0.4, 0.5) is 16.2 Å². The summed E-state index contributed by atoms with van der Waals surface area (Å²) in [6, 6.07) is 14.0. The van der Waals surface area contributed by atoms with Crippen LogP contribution in [0.25, 0.3) is 22.2 Å². The van der Waals surface area contributed by atoms with Crippen LogP contribution in [0, 0.1) is 0 Å².